The minimum absolute atomic E-state index is 0.101. The molecule has 0 unspecified atom stereocenters. The van der Waals surface area contributed by atoms with Crippen molar-refractivity contribution in [2.45, 2.75) is 58.5 Å². The number of methoxy groups -OCH3 is 2. The maximum atomic E-state index is 13.7. The first-order chi connectivity index (χ1) is 20.4. The molecule has 1 aliphatic heterocycles. The standard InChI is InChI=1S/C35H45N3O4/c1-27(2)36-21-10-22-38(35(40)20-16-28-11-6-5-7-12-28)31-14-9-8-13-30(31)26-37(24-23-36)34(39)19-17-29-15-18-32(41-3)33(25-29)42-4/h5-9,11-15,18,25,27H,10,16-17,19-24,26H2,1-4H3. The van der Waals surface area contributed by atoms with Gasteiger partial charge in [0.25, 0.3) is 0 Å². The molecule has 0 atom stereocenters. The van der Waals surface area contributed by atoms with Crippen LogP contribution in [0, 0.1) is 0 Å². The van der Waals surface area contributed by atoms with Crippen molar-refractivity contribution in [3.8, 4) is 11.5 Å². The van der Waals surface area contributed by atoms with Crippen LogP contribution in [0.4, 0.5) is 5.69 Å². The first-order valence-electron chi connectivity index (χ1n) is 15.0. The molecule has 224 valence electrons. The molecule has 3 aromatic carbocycles. The fourth-order valence-corrected chi connectivity index (χ4v) is 5.57. The molecule has 0 bridgehead atoms. The van der Waals surface area contributed by atoms with Gasteiger partial charge in [-0.1, -0.05) is 54.6 Å². The van der Waals surface area contributed by atoms with E-state index in [4.69, 9.17) is 9.47 Å². The Labute approximate surface area is 251 Å². The molecule has 0 saturated carbocycles. The highest BCUT2D eigenvalue weighted by atomic mass is 16.5. The lowest BCUT2D eigenvalue weighted by Crippen LogP contribution is -2.41. The van der Waals surface area contributed by atoms with Crippen LogP contribution in [0.3, 0.4) is 0 Å². The number of carbonyl (C=O) groups is 2. The average molecular weight is 572 g/mol. The molecule has 2 amide bonds. The number of amides is 2. The van der Waals surface area contributed by atoms with Crippen LogP contribution in [-0.4, -0.2) is 68.1 Å². The number of ether oxygens (including phenoxy) is 2. The summed E-state index contributed by atoms with van der Waals surface area (Å²) in [4.78, 5) is 33.7. The van der Waals surface area contributed by atoms with Crippen LogP contribution < -0.4 is 14.4 Å². The number of rotatable bonds is 9. The number of carbonyl (C=O) groups excluding carboxylic acids is 2. The Morgan fingerprint density at radius 2 is 1.43 bits per heavy atom. The quantitative estimate of drug-likeness (QED) is 0.328. The SMILES string of the molecule is COc1ccc(CCC(=O)N2CCN(C(C)C)CCCN(C(=O)CCc3ccccc3)c3ccccc3C2)cc1OC. The number of benzene rings is 3. The lowest BCUT2D eigenvalue weighted by molar-refractivity contribution is -0.132. The van der Waals surface area contributed by atoms with E-state index in [1.807, 2.05) is 64.4 Å². The van der Waals surface area contributed by atoms with Crippen LogP contribution in [-0.2, 0) is 29.0 Å². The minimum Gasteiger partial charge on any atom is -0.493 e. The van der Waals surface area contributed by atoms with Gasteiger partial charge in [0, 0.05) is 57.3 Å². The van der Waals surface area contributed by atoms with Gasteiger partial charge in [0.1, 0.15) is 0 Å². The number of hydrogen-bond donors (Lipinski definition) is 0. The fraction of sp³-hybridized carbons (Fsp3) is 0.429. The molecule has 42 heavy (non-hydrogen) atoms. The van der Waals surface area contributed by atoms with Crippen molar-refractivity contribution in [3.05, 3.63) is 89.5 Å². The molecule has 0 radical (unpaired) electrons. The second-order valence-corrected chi connectivity index (χ2v) is 11.1. The number of nitrogens with zero attached hydrogens (tertiary/aromatic N) is 3. The summed E-state index contributed by atoms with van der Waals surface area (Å²) in [5.41, 5.74) is 4.10. The molecule has 7 nitrogen and oxygen atoms in total. The first-order valence-corrected chi connectivity index (χ1v) is 15.0. The van der Waals surface area contributed by atoms with Gasteiger partial charge in [-0.2, -0.15) is 0 Å². The molecular formula is C35H45N3O4. The Bertz CT molecular complexity index is 1310. The number of para-hydroxylation sites is 1. The van der Waals surface area contributed by atoms with E-state index in [2.05, 4.69) is 36.9 Å². The monoisotopic (exact) mass is 571 g/mol. The van der Waals surface area contributed by atoms with Crippen LogP contribution in [0.2, 0.25) is 0 Å². The molecule has 1 aliphatic rings. The van der Waals surface area contributed by atoms with E-state index < -0.39 is 0 Å². The molecule has 3 aromatic rings. The van der Waals surface area contributed by atoms with Crippen LogP contribution in [0.25, 0.3) is 0 Å². The van der Waals surface area contributed by atoms with E-state index in [1.165, 1.54) is 0 Å². The zero-order valence-corrected chi connectivity index (χ0v) is 25.6. The molecule has 7 heteroatoms. The predicted molar refractivity (Wildman–Crippen MR) is 168 cm³/mol. The number of fused-ring (bicyclic) bond motifs is 1. The van der Waals surface area contributed by atoms with E-state index in [9.17, 15) is 9.59 Å². The van der Waals surface area contributed by atoms with Crippen molar-refractivity contribution in [3.63, 3.8) is 0 Å². The van der Waals surface area contributed by atoms with Gasteiger partial charge in [-0.3, -0.25) is 14.5 Å². The normalized spacial score (nSPS) is 14.7. The lowest BCUT2D eigenvalue weighted by atomic mass is 10.1. The topological polar surface area (TPSA) is 62.3 Å². The van der Waals surface area contributed by atoms with Gasteiger partial charge >= 0.3 is 0 Å². The highest BCUT2D eigenvalue weighted by Crippen LogP contribution is 2.29. The minimum atomic E-state index is 0.101. The van der Waals surface area contributed by atoms with Gasteiger partial charge < -0.3 is 19.3 Å². The van der Waals surface area contributed by atoms with Crippen molar-refractivity contribution < 1.29 is 19.1 Å². The van der Waals surface area contributed by atoms with E-state index in [0.29, 0.717) is 62.9 Å². The second-order valence-electron chi connectivity index (χ2n) is 11.1. The Morgan fingerprint density at radius 1 is 0.738 bits per heavy atom. The number of hydrogen-bond acceptors (Lipinski definition) is 5. The molecule has 0 aromatic heterocycles. The average Bonchev–Trinajstić information content (AvgIpc) is 3.05. The summed E-state index contributed by atoms with van der Waals surface area (Å²) in [6.45, 7) is 7.82. The zero-order chi connectivity index (χ0) is 29.9. The molecule has 0 N–H and O–H groups in total. The Kier molecular flexibility index (Phi) is 11.4. The zero-order valence-electron chi connectivity index (χ0n) is 25.6. The van der Waals surface area contributed by atoms with Gasteiger partial charge in [0.15, 0.2) is 11.5 Å². The first kappa shape index (κ1) is 31.1. The smallest absolute Gasteiger partial charge is 0.227 e. The third kappa shape index (κ3) is 8.35. The molecule has 0 aliphatic carbocycles. The summed E-state index contributed by atoms with van der Waals surface area (Å²) in [5, 5.41) is 0. The van der Waals surface area contributed by atoms with Crippen molar-refractivity contribution in [1.29, 1.82) is 0 Å². The summed E-state index contributed by atoms with van der Waals surface area (Å²) in [7, 11) is 3.24. The van der Waals surface area contributed by atoms with E-state index >= 15 is 0 Å². The van der Waals surface area contributed by atoms with Gasteiger partial charge in [-0.05, 0) is 68.0 Å². The number of anilines is 1. The Balaban J connectivity index is 1.55. The fourth-order valence-electron chi connectivity index (χ4n) is 5.57. The summed E-state index contributed by atoms with van der Waals surface area (Å²) in [5.74, 6) is 1.56. The molecule has 4 rings (SSSR count). The van der Waals surface area contributed by atoms with E-state index in [1.54, 1.807) is 14.2 Å². The van der Waals surface area contributed by atoms with Crippen LogP contribution >= 0.6 is 0 Å². The largest absolute Gasteiger partial charge is 0.493 e. The van der Waals surface area contributed by atoms with Crippen molar-refractivity contribution in [1.82, 2.24) is 9.80 Å². The van der Waals surface area contributed by atoms with Gasteiger partial charge in [-0.25, -0.2) is 0 Å². The maximum absolute atomic E-state index is 13.7. The molecule has 0 saturated heterocycles. The van der Waals surface area contributed by atoms with E-state index in [0.717, 1.165) is 41.9 Å². The number of aryl methyl sites for hydroxylation is 2. The highest BCUT2D eigenvalue weighted by Gasteiger charge is 2.24. The molecule has 1 heterocycles. The van der Waals surface area contributed by atoms with Crippen molar-refractivity contribution in [2.24, 2.45) is 0 Å². The molecular weight excluding hydrogens is 526 g/mol. The molecule has 0 fully saturated rings. The maximum Gasteiger partial charge on any atom is 0.227 e. The van der Waals surface area contributed by atoms with Crippen LogP contribution in [0.15, 0.2) is 72.8 Å². The van der Waals surface area contributed by atoms with Crippen LogP contribution in [0.5, 0.6) is 11.5 Å². The third-order valence-corrected chi connectivity index (χ3v) is 8.06. The van der Waals surface area contributed by atoms with Crippen molar-refractivity contribution >= 4 is 17.5 Å². The van der Waals surface area contributed by atoms with Crippen molar-refractivity contribution in [2.75, 3.05) is 45.3 Å². The van der Waals surface area contributed by atoms with Crippen LogP contribution in [0.1, 0.15) is 49.8 Å². The van der Waals surface area contributed by atoms with Gasteiger partial charge in [-0.15, -0.1) is 0 Å². The van der Waals surface area contributed by atoms with Gasteiger partial charge in [0.2, 0.25) is 11.8 Å². The summed E-state index contributed by atoms with van der Waals surface area (Å²) < 4.78 is 10.8. The summed E-state index contributed by atoms with van der Waals surface area (Å²) in [6.07, 6.45) is 3.02. The Morgan fingerprint density at radius 3 is 2.17 bits per heavy atom. The third-order valence-electron chi connectivity index (χ3n) is 8.06. The second kappa shape index (κ2) is 15.4. The molecule has 0 spiro atoms. The Hall–Kier alpha value is -3.84. The summed E-state index contributed by atoms with van der Waals surface area (Å²) >= 11 is 0. The predicted octanol–water partition coefficient (Wildman–Crippen LogP) is 5.75. The van der Waals surface area contributed by atoms with E-state index in [-0.39, 0.29) is 11.8 Å². The summed E-state index contributed by atoms with van der Waals surface area (Å²) in [6, 6.07) is 24.4. The van der Waals surface area contributed by atoms with Gasteiger partial charge in [0.05, 0.1) is 14.2 Å². The lowest BCUT2D eigenvalue weighted by Gasteiger charge is -2.30. The highest BCUT2D eigenvalue weighted by molar-refractivity contribution is 5.94.